The topological polar surface area (TPSA) is 557 Å². The molecule has 10 unspecified atom stereocenters. The van der Waals surface area contributed by atoms with E-state index in [1.54, 1.807) is 0 Å². The van der Waals surface area contributed by atoms with Gasteiger partial charge in [0.2, 0.25) is 17.6 Å². The maximum absolute atomic E-state index is 14.8. The molecule has 5 aliphatic heterocycles. The van der Waals surface area contributed by atoms with Gasteiger partial charge in [0.1, 0.15) is 79.7 Å². The molecule has 7 aromatic rings. The molecule has 5 fully saturated rings. The zero-order chi connectivity index (χ0) is 77.1. The van der Waals surface area contributed by atoms with Crippen molar-refractivity contribution in [3.63, 3.8) is 0 Å². The second kappa shape index (κ2) is 32.6. The molecule has 20 atom stereocenters. The average molecular weight is 1710 g/mol. The molecule has 43 nitrogen and oxygen atoms in total. The van der Waals surface area contributed by atoms with Crippen LogP contribution in [0.25, 0.3) is 22.3 Å². The van der Waals surface area contributed by atoms with Crippen molar-refractivity contribution in [1.82, 2.24) is 67.7 Å². The average Bonchev–Trinajstić information content (AvgIpc) is 1.64. The molecule has 7 aromatic heterocycles. The first-order chi connectivity index (χ1) is 50.3. The SMILES string of the molecule is COP(=O)(S)OCC1O[C@@H](n2cnc3c(=O)[nH]c(N)nc32)C[C@H]1OP(=O)(S)OCC1O[C@@H](n2cc(C)c(=O)[nH]c2=O)C[C@H]1OP(=S)(S)OCC1O[C@@H](n2cnc3c(=O)[nH]c(N)nc32)C[C@H]1OP(=O)(S)OCC1O[C@@H](n2cc(C)c(=O)[nH]c2=O)C[C@H]1OP(=O)(S)OCC1O[C@@H](n2ccc(N)nc2=O)C[C@H]1C(C)C. The lowest BCUT2D eigenvalue weighted by molar-refractivity contribution is -0.0509. The quantitative estimate of drug-likeness (QED) is 0.0221. The Kier molecular flexibility index (Phi) is 24.9. The number of nitrogen functional groups attached to an aromatic ring is 3. The standard InChI is InChI=1S/C53H72N17O26P5S6/c1-22(2)25-8-36(66-7-6-35(54)59-51(66)75)88-30(25)15-84-98(79,103)93-26-9-37(67-13-23(3)45(71)64-52(67)76)89-32(26)17-85-99(80,104)95-28-11-40(70-21-58-42-44(70)61-50(56)63-48(42)74)92-34(28)19-87-101(106,107)96-29-12-38(68-14-24(4)46(72)65-53(68)77)90-33(29)18-86-100(81,105)94-27-10-39(91-31(27)16-83-97(78,102)82-5)69-20-57-41-43(69)60-49(55)62-47(41)73/h6-7,13-14,20-22,25-34,36-40H,8-12,15-19H2,1-5H3,(H,78,102)(H,79,103)(H,80,104)(H,81,105)(H,106,107)(H2,54,59,75)(H,64,71,76)(H,65,72,77)(H3,55,60,62,73)(H3,56,61,63,74)/t25-,26+,27+,28+,29+,30?,31?,32?,33?,34?,36+,37+,38+,39+,40+,97?,98?,99?,100?/m0/s1. The van der Waals surface area contributed by atoms with Crippen LogP contribution in [0.1, 0.15) is 88.2 Å². The lowest BCUT2D eigenvalue weighted by Crippen LogP contribution is -2.33. The fourth-order valence-corrected chi connectivity index (χ4v) is 19.8. The number of H-pyrrole nitrogens is 4. The van der Waals surface area contributed by atoms with E-state index >= 15 is 0 Å². The van der Waals surface area contributed by atoms with Gasteiger partial charge in [0.25, 0.3) is 22.2 Å². The van der Waals surface area contributed by atoms with Crippen molar-refractivity contribution < 1.29 is 87.2 Å². The van der Waals surface area contributed by atoms with E-state index in [0.717, 1.165) is 16.2 Å². The molecule has 12 rings (SSSR count). The summed E-state index contributed by atoms with van der Waals surface area (Å²) >= 11 is 27.4. The molecule has 0 spiro atoms. The molecule has 5 saturated heterocycles. The zero-order valence-corrected chi connectivity index (χ0v) is 66.2. The van der Waals surface area contributed by atoms with Crippen molar-refractivity contribution in [2.75, 3.05) is 57.3 Å². The van der Waals surface area contributed by atoms with Gasteiger partial charge in [0, 0.05) is 62.5 Å². The van der Waals surface area contributed by atoms with Gasteiger partial charge in [-0.1, -0.05) is 75.1 Å². The summed E-state index contributed by atoms with van der Waals surface area (Å²) in [7, 11) is 1.09. The van der Waals surface area contributed by atoms with Gasteiger partial charge in [-0.15, -0.1) is 0 Å². The highest BCUT2D eigenvalue weighted by molar-refractivity contribution is 8.60. The third kappa shape index (κ3) is 19.2. The summed E-state index contributed by atoms with van der Waals surface area (Å²) in [6.45, 7) is -13.9. The highest BCUT2D eigenvalue weighted by Gasteiger charge is 2.50. The number of rotatable bonds is 30. The van der Waals surface area contributed by atoms with E-state index in [-0.39, 0.29) is 95.3 Å². The lowest BCUT2D eigenvalue weighted by Gasteiger charge is -2.28. The highest BCUT2D eigenvalue weighted by Crippen LogP contribution is 2.62. The monoisotopic (exact) mass is 1710 g/mol. The number of nitrogens with zero attached hydrogens (tertiary/aromatic N) is 10. The van der Waals surface area contributed by atoms with Crippen molar-refractivity contribution in [2.24, 2.45) is 11.8 Å². The Morgan fingerprint density at radius 2 is 0.869 bits per heavy atom. The number of aromatic nitrogens is 14. The van der Waals surface area contributed by atoms with Crippen molar-refractivity contribution in [1.29, 1.82) is 0 Å². The summed E-state index contributed by atoms with van der Waals surface area (Å²) in [6, 6.07) is 1.44. The number of nitrogens with one attached hydrogen (secondary N) is 4. The smallest absolute Gasteiger partial charge is 0.383 e. The van der Waals surface area contributed by atoms with Crippen LogP contribution in [0, 0.1) is 25.7 Å². The van der Waals surface area contributed by atoms with Gasteiger partial charge in [0.05, 0.1) is 57.9 Å². The Morgan fingerprint density at radius 3 is 1.27 bits per heavy atom. The first-order valence-electron chi connectivity index (χ1n) is 32.2. The van der Waals surface area contributed by atoms with E-state index in [0.29, 0.717) is 6.42 Å². The maximum atomic E-state index is 14.8. The fraction of sp³-hybridized carbons (Fsp3) is 0.585. The second-order valence-corrected chi connectivity index (χ2v) is 42.3. The van der Waals surface area contributed by atoms with Gasteiger partial charge in [-0.05, 0) is 50.0 Å². The third-order valence-corrected chi connectivity index (χ3v) is 26.7. The number of aromatic amines is 4. The van der Waals surface area contributed by atoms with Gasteiger partial charge < -0.3 is 54.5 Å². The second-order valence-electron chi connectivity index (χ2n) is 25.4. The first-order valence-corrected chi connectivity index (χ1v) is 46.7. The number of nitrogens with two attached hydrogens (primary N) is 3. The first kappa shape index (κ1) is 81.5. The third-order valence-electron chi connectivity index (χ3n) is 17.8. The van der Waals surface area contributed by atoms with Crippen LogP contribution in [-0.4, -0.2) is 163 Å². The molecule has 0 amide bonds. The Balaban J connectivity index is 0.756. The van der Waals surface area contributed by atoms with Gasteiger partial charge >= 0.3 is 44.3 Å². The molecular formula is C53H72N17O26P5S6. The molecule has 5 aliphatic rings. The Labute approximate surface area is 633 Å². The van der Waals surface area contributed by atoms with Crippen LogP contribution in [0.15, 0.2) is 70.9 Å². The van der Waals surface area contributed by atoms with E-state index in [4.69, 9.17) is 97.9 Å². The number of hydrogen-bond acceptors (Lipinski definition) is 35. The normalized spacial score (nSPS) is 29.0. The van der Waals surface area contributed by atoms with E-state index in [1.807, 2.05) is 13.8 Å². The zero-order valence-electron chi connectivity index (χ0n) is 56.5. The van der Waals surface area contributed by atoms with Crippen molar-refractivity contribution >= 4 is 146 Å². The highest BCUT2D eigenvalue weighted by atomic mass is 32.9. The summed E-state index contributed by atoms with van der Waals surface area (Å²) in [5, 5.41) is 0. The van der Waals surface area contributed by atoms with Gasteiger partial charge in [0.15, 0.2) is 22.3 Å². The van der Waals surface area contributed by atoms with Gasteiger partial charge in [-0.3, -0.25) is 93.6 Å². The number of ether oxygens (including phenoxy) is 5. The molecule has 586 valence electrons. The predicted octanol–water partition coefficient (Wildman–Crippen LogP) is 4.26. The van der Waals surface area contributed by atoms with Crippen LogP contribution in [0.3, 0.4) is 0 Å². The Hall–Kier alpha value is -4.94. The molecule has 107 heavy (non-hydrogen) atoms. The molecule has 54 heteroatoms. The minimum atomic E-state index is -4.71. The molecule has 0 aromatic carbocycles. The van der Waals surface area contributed by atoms with Crippen LogP contribution in [0.5, 0.6) is 0 Å². The fourth-order valence-electron chi connectivity index (χ4n) is 12.6. The number of aryl methyl sites for hydroxylation is 2. The van der Waals surface area contributed by atoms with Crippen LogP contribution >= 0.6 is 94.1 Å². The van der Waals surface area contributed by atoms with E-state index in [9.17, 15) is 51.8 Å². The molecule has 0 saturated carbocycles. The minimum Gasteiger partial charge on any atom is -0.383 e. The van der Waals surface area contributed by atoms with Crippen molar-refractivity contribution in [3.05, 3.63) is 121 Å². The molecule has 12 heterocycles. The number of hydrogen-bond donors (Lipinski definition) is 12. The predicted molar refractivity (Wildman–Crippen MR) is 397 cm³/mol. The molecule has 10 N–H and O–H groups in total. The Bertz CT molecular complexity index is 5220. The number of anilines is 3. The van der Waals surface area contributed by atoms with E-state index in [2.05, 4.69) is 106 Å². The summed E-state index contributed by atoms with van der Waals surface area (Å²) in [5.41, 5.74) is 8.39. The maximum Gasteiger partial charge on any atom is 0.386 e. The van der Waals surface area contributed by atoms with Crippen LogP contribution in [-0.2, 0) is 99.0 Å². The van der Waals surface area contributed by atoms with Gasteiger partial charge in [-0.2, -0.15) is 15.0 Å². The van der Waals surface area contributed by atoms with E-state index in [1.165, 1.54) is 64.9 Å². The summed E-state index contributed by atoms with van der Waals surface area (Å²) < 4.78 is 153. The largest absolute Gasteiger partial charge is 0.386 e. The van der Waals surface area contributed by atoms with Crippen molar-refractivity contribution in [2.45, 2.75) is 146 Å². The summed E-state index contributed by atoms with van der Waals surface area (Å²) in [6.07, 6.45) is -10.9. The lowest BCUT2D eigenvalue weighted by atomic mass is 9.89. The molecule has 0 radical (unpaired) electrons. The number of imidazole rings is 2. The molecule has 0 bridgehead atoms. The Morgan fingerprint density at radius 1 is 0.505 bits per heavy atom. The van der Waals surface area contributed by atoms with Crippen molar-refractivity contribution in [3.8, 4) is 0 Å². The molecule has 0 aliphatic carbocycles. The van der Waals surface area contributed by atoms with E-state index < -0.39 is 185 Å². The van der Waals surface area contributed by atoms with Crippen LogP contribution < -0.4 is 56.5 Å². The summed E-state index contributed by atoms with van der Waals surface area (Å²) in [4.78, 5) is 120. The van der Waals surface area contributed by atoms with Crippen LogP contribution in [0.2, 0.25) is 0 Å². The summed E-state index contributed by atoms with van der Waals surface area (Å²) in [5.74, 6) is -0.758. The van der Waals surface area contributed by atoms with Crippen LogP contribution in [0.4, 0.5) is 17.7 Å². The number of thiol groups is 5. The minimum absolute atomic E-state index is 0.0113. The number of fused-ring (bicyclic) bond motifs is 2. The molecular weight excluding hydrogens is 1640 g/mol. The van der Waals surface area contributed by atoms with Gasteiger partial charge in [-0.25, -0.2) is 42.6 Å².